The minimum absolute atomic E-state index is 0.319. The molecule has 18 heavy (non-hydrogen) atoms. The normalized spacial score (nSPS) is 13.6. The average molecular weight is 240 g/mol. The van der Waals surface area contributed by atoms with Crippen molar-refractivity contribution in [1.82, 2.24) is 0 Å². The molecular formula is C16H20N2. The SMILES string of the molecule is CCCCC(CC)(c1ccccc1)C(C#N)C#N. The van der Waals surface area contributed by atoms with E-state index >= 15 is 0 Å². The van der Waals surface area contributed by atoms with E-state index in [1.807, 2.05) is 30.3 Å². The highest BCUT2D eigenvalue weighted by molar-refractivity contribution is 5.31. The molecule has 94 valence electrons. The smallest absolute Gasteiger partial charge is 0.142 e. The molecule has 0 N–H and O–H groups in total. The number of unbranched alkanes of at least 4 members (excludes halogenated alkanes) is 1. The highest BCUT2D eigenvalue weighted by atomic mass is 14.4. The van der Waals surface area contributed by atoms with E-state index in [-0.39, 0.29) is 5.41 Å². The molecular weight excluding hydrogens is 220 g/mol. The van der Waals surface area contributed by atoms with Crippen LogP contribution in [0.5, 0.6) is 0 Å². The number of nitrogens with zero attached hydrogens (tertiary/aromatic N) is 2. The monoisotopic (exact) mass is 240 g/mol. The van der Waals surface area contributed by atoms with E-state index in [2.05, 4.69) is 26.0 Å². The van der Waals surface area contributed by atoms with E-state index in [0.717, 1.165) is 31.2 Å². The van der Waals surface area contributed by atoms with E-state index in [0.29, 0.717) is 0 Å². The van der Waals surface area contributed by atoms with Crippen molar-refractivity contribution in [2.75, 3.05) is 0 Å². The third kappa shape index (κ3) is 2.71. The van der Waals surface area contributed by atoms with Gasteiger partial charge in [-0.1, -0.05) is 57.0 Å². The molecule has 1 atom stereocenters. The van der Waals surface area contributed by atoms with Gasteiger partial charge in [0.05, 0.1) is 12.1 Å². The maximum Gasteiger partial charge on any atom is 0.142 e. The van der Waals surface area contributed by atoms with Crippen LogP contribution in [0.25, 0.3) is 0 Å². The molecule has 2 nitrogen and oxygen atoms in total. The van der Waals surface area contributed by atoms with Gasteiger partial charge in [-0.15, -0.1) is 0 Å². The molecule has 1 aromatic rings. The quantitative estimate of drug-likeness (QED) is 0.748. The first-order valence-corrected chi connectivity index (χ1v) is 6.60. The van der Waals surface area contributed by atoms with Crippen LogP contribution in [-0.2, 0) is 5.41 Å². The Morgan fingerprint density at radius 3 is 2.17 bits per heavy atom. The van der Waals surface area contributed by atoms with Gasteiger partial charge in [-0.05, 0) is 18.4 Å². The van der Waals surface area contributed by atoms with Crippen LogP contribution in [0.15, 0.2) is 30.3 Å². The van der Waals surface area contributed by atoms with Crippen LogP contribution in [0.2, 0.25) is 0 Å². The first-order chi connectivity index (χ1) is 8.75. The van der Waals surface area contributed by atoms with Crippen molar-refractivity contribution in [2.45, 2.75) is 44.9 Å². The van der Waals surface area contributed by atoms with E-state index in [9.17, 15) is 10.5 Å². The second-order valence-electron chi connectivity index (χ2n) is 4.67. The molecule has 1 aromatic carbocycles. The number of hydrogen-bond acceptors (Lipinski definition) is 2. The summed E-state index contributed by atoms with van der Waals surface area (Å²) in [7, 11) is 0. The fourth-order valence-corrected chi connectivity index (χ4v) is 2.58. The van der Waals surface area contributed by atoms with Gasteiger partial charge < -0.3 is 0 Å². The predicted octanol–water partition coefficient (Wildman–Crippen LogP) is 4.19. The zero-order valence-electron chi connectivity index (χ0n) is 11.2. The maximum absolute atomic E-state index is 9.28. The van der Waals surface area contributed by atoms with Crippen LogP contribution in [0.3, 0.4) is 0 Å². The van der Waals surface area contributed by atoms with E-state index in [4.69, 9.17) is 0 Å². The molecule has 2 heteroatoms. The van der Waals surface area contributed by atoms with Crippen molar-refractivity contribution >= 4 is 0 Å². The van der Waals surface area contributed by atoms with Gasteiger partial charge in [0.2, 0.25) is 0 Å². The van der Waals surface area contributed by atoms with Crippen LogP contribution in [0.1, 0.15) is 45.1 Å². The molecule has 0 amide bonds. The summed E-state index contributed by atoms with van der Waals surface area (Å²) in [5, 5.41) is 18.6. The molecule has 0 aliphatic heterocycles. The Morgan fingerprint density at radius 1 is 1.11 bits per heavy atom. The fraction of sp³-hybridized carbons (Fsp3) is 0.500. The zero-order valence-corrected chi connectivity index (χ0v) is 11.2. The Labute approximate surface area is 110 Å². The van der Waals surface area contributed by atoms with Crippen LogP contribution in [0, 0.1) is 28.6 Å². The van der Waals surface area contributed by atoms with Crippen molar-refractivity contribution in [3.8, 4) is 12.1 Å². The van der Waals surface area contributed by atoms with Gasteiger partial charge in [0, 0.05) is 5.41 Å². The molecule has 0 aromatic heterocycles. The Bertz CT molecular complexity index is 424. The lowest BCUT2D eigenvalue weighted by atomic mass is 9.66. The highest BCUT2D eigenvalue weighted by Crippen LogP contribution is 2.40. The number of benzene rings is 1. The topological polar surface area (TPSA) is 47.6 Å². The molecule has 0 heterocycles. The number of rotatable bonds is 6. The number of nitriles is 2. The summed E-state index contributed by atoms with van der Waals surface area (Å²) in [5.74, 6) is -0.573. The standard InChI is InChI=1S/C16H20N2/c1-3-5-11-16(4-2,15(12-17)13-18)14-9-7-6-8-10-14/h6-10,15H,3-5,11H2,1-2H3. The van der Waals surface area contributed by atoms with Gasteiger partial charge in [-0.3, -0.25) is 0 Å². The first-order valence-electron chi connectivity index (χ1n) is 6.60. The fourth-order valence-electron chi connectivity index (χ4n) is 2.58. The Morgan fingerprint density at radius 2 is 1.72 bits per heavy atom. The Hall–Kier alpha value is -1.80. The van der Waals surface area contributed by atoms with Crippen LogP contribution in [0.4, 0.5) is 0 Å². The molecule has 0 fully saturated rings. The Balaban J connectivity index is 3.23. The molecule has 0 aliphatic carbocycles. The zero-order chi connectivity index (χ0) is 13.4. The highest BCUT2D eigenvalue weighted by Gasteiger charge is 2.38. The minimum Gasteiger partial charge on any atom is -0.197 e. The van der Waals surface area contributed by atoms with Gasteiger partial charge in [0.15, 0.2) is 0 Å². The van der Waals surface area contributed by atoms with Gasteiger partial charge in [0.25, 0.3) is 0 Å². The van der Waals surface area contributed by atoms with Crippen molar-refractivity contribution in [3.63, 3.8) is 0 Å². The third-order valence-corrected chi connectivity index (χ3v) is 3.77. The molecule has 0 saturated heterocycles. The van der Waals surface area contributed by atoms with Crippen molar-refractivity contribution < 1.29 is 0 Å². The summed E-state index contributed by atoms with van der Waals surface area (Å²) in [4.78, 5) is 0. The van der Waals surface area contributed by atoms with E-state index in [1.165, 1.54) is 0 Å². The molecule has 1 unspecified atom stereocenters. The molecule has 0 bridgehead atoms. The average Bonchev–Trinajstić information content (AvgIpc) is 2.44. The second kappa shape index (κ2) is 6.82. The molecule has 0 saturated carbocycles. The van der Waals surface area contributed by atoms with Crippen LogP contribution in [-0.4, -0.2) is 0 Å². The lowest BCUT2D eigenvalue weighted by Crippen LogP contribution is -2.33. The maximum atomic E-state index is 9.28. The van der Waals surface area contributed by atoms with Gasteiger partial charge in [0.1, 0.15) is 5.92 Å². The summed E-state index contributed by atoms with van der Waals surface area (Å²) in [6.45, 7) is 4.21. The number of hydrogen-bond donors (Lipinski definition) is 0. The minimum atomic E-state index is -0.573. The largest absolute Gasteiger partial charge is 0.197 e. The van der Waals surface area contributed by atoms with Crippen molar-refractivity contribution in [1.29, 1.82) is 10.5 Å². The van der Waals surface area contributed by atoms with Crippen LogP contribution >= 0.6 is 0 Å². The summed E-state index contributed by atoms with van der Waals surface area (Å²) in [6, 6.07) is 14.4. The molecule has 0 spiro atoms. The van der Waals surface area contributed by atoms with Crippen molar-refractivity contribution in [3.05, 3.63) is 35.9 Å². The lowest BCUT2D eigenvalue weighted by molar-refractivity contribution is 0.323. The summed E-state index contributed by atoms with van der Waals surface area (Å²) in [6.07, 6.45) is 3.85. The third-order valence-electron chi connectivity index (χ3n) is 3.77. The van der Waals surface area contributed by atoms with Gasteiger partial charge >= 0.3 is 0 Å². The van der Waals surface area contributed by atoms with Crippen molar-refractivity contribution in [2.24, 2.45) is 5.92 Å². The van der Waals surface area contributed by atoms with E-state index < -0.39 is 5.92 Å². The summed E-state index contributed by atoms with van der Waals surface area (Å²) < 4.78 is 0. The van der Waals surface area contributed by atoms with Gasteiger partial charge in [-0.25, -0.2) is 0 Å². The summed E-state index contributed by atoms with van der Waals surface area (Å²) in [5.41, 5.74) is 0.801. The van der Waals surface area contributed by atoms with Gasteiger partial charge in [-0.2, -0.15) is 10.5 Å². The summed E-state index contributed by atoms with van der Waals surface area (Å²) >= 11 is 0. The van der Waals surface area contributed by atoms with Crippen LogP contribution < -0.4 is 0 Å². The first kappa shape index (κ1) is 14.3. The molecule has 0 radical (unpaired) electrons. The van der Waals surface area contributed by atoms with E-state index in [1.54, 1.807) is 0 Å². The second-order valence-corrected chi connectivity index (χ2v) is 4.67. The molecule has 1 rings (SSSR count). The molecule has 0 aliphatic rings. The lowest BCUT2D eigenvalue weighted by Gasteiger charge is -2.34. The Kier molecular flexibility index (Phi) is 5.40. The predicted molar refractivity (Wildman–Crippen MR) is 72.7 cm³/mol.